The lowest BCUT2D eigenvalue weighted by Gasteiger charge is -2.20. The molecule has 0 aliphatic carbocycles. The van der Waals surface area contributed by atoms with Crippen LogP contribution in [0.15, 0.2) is 81.3 Å². The first-order chi connectivity index (χ1) is 13.0. The SMILES string of the molecule is Cn1cc(/C(CC(c2ccc(Br)cc2)c2ccccc2F)=N/O)ccc1=O. The predicted octanol–water partition coefficient (Wildman–Crippen LogP) is 4.69. The molecule has 0 saturated carbocycles. The van der Waals surface area contributed by atoms with Crippen molar-refractivity contribution in [2.24, 2.45) is 12.2 Å². The van der Waals surface area contributed by atoms with Gasteiger partial charge in [-0.25, -0.2) is 4.39 Å². The molecule has 0 fully saturated rings. The Morgan fingerprint density at radius 3 is 2.48 bits per heavy atom. The third-order valence-electron chi connectivity index (χ3n) is 4.49. The summed E-state index contributed by atoms with van der Waals surface area (Å²) in [7, 11) is 1.63. The lowest BCUT2D eigenvalue weighted by atomic mass is 9.85. The van der Waals surface area contributed by atoms with Crippen molar-refractivity contribution in [2.75, 3.05) is 0 Å². The highest BCUT2D eigenvalue weighted by Crippen LogP contribution is 2.32. The molecular weight excluding hydrogens is 411 g/mol. The number of aromatic nitrogens is 1. The molecule has 0 amide bonds. The second-order valence-electron chi connectivity index (χ2n) is 6.24. The molecule has 0 aliphatic heterocycles. The number of benzene rings is 2. The first-order valence-electron chi connectivity index (χ1n) is 8.37. The number of halogens is 2. The molecule has 0 spiro atoms. The summed E-state index contributed by atoms with van der Waals surface area (Å²) in [6, 6.07) is 17.2. The van der Waals surface area contributed by atoms with Gasteiger partial charge in [0.05, 0.1) is 5.71 Å². The normalized spacial score (nSPS) is 12.8. The minimum absolute atomic E-state index is 0.158. The van der Waals surface area contributed by atoms with Crippen LogP contribution in [0.25, 0.3) is 0 Å². The number of rotatable bonds is 5. The van der Waals surface area contributed by atoms with Crippen LogP contribution in [0, 0.1) is 5.82 Å². The molecule has 4 nitrogen and oxygen atoms in total. The summed E-state index contributed by atoms with van der Waals surface area (Å²) >= 11 is 3.41. The fraction of sp³-hybridized carbons (Fsp3) is 0.143. The van der Waals surface area contributed by atoms with Crippen molar-refractivity contribution in [1.82, 2.24) is 4.57 Å². The Bertz CT molecular complexity index is 1030. The molecule has 1 unspecified atom stereocenters. The summed E-state index contributed by atoms with van der Waals surface area (Å²) in [5, 5.41) is 13.0. The molecule has 1 heterocycles. The molecule has 0 bridgehead atoms. The summed E-state index contributed by atoms with van der Waals surface area (Å²) < 4.78 is 16.9. The van der Waals surface area contributed by atoms with E-state index in [0.29, 0.717) is 16.8 Å². The molecule has 3 aromatic rings. The van der Waals surface area contributed by atoms with E-state index in [9.17, 15) is 14.4 Å². The van der Waals surface area contributed by atoms with E-state index in [0.717, 1.165) is 10.0 Å². The molecule has 1 atom stereocenters. The number of hydrogen-bond acceptors (Lipinski definition) is 3. The molecule has 138 valence electrons. The number of nitrogens with zero attached hydrogens (tertiary/aromatic N) is 2. The van der Waals surface area contributed by atoms with Gasteiger partial charge in [0.1, 0.15) is 5.82 Å². The molecule has 0 aliphatic rings. The van der Waals surface area contributed by atoms with Crippen LogP contribution in [0.3, 0.4) is 0 Å². The maximum atomic E-state index is 14.5. The molecule has 1 N–H and O–H groups in total. The highest BCUT2D eigenvalue weighted by Gasteiger charge is 2.21. The zero-order valence-electron chi connectivity index (χ0n) is 14.6. The monoisotopic (exact) mass is 428 g/mol. The maximum Gasteiger partial charge on any atom is 0.250 e. The minimum atomic E-state index is -0.345. The molecule has 27 heavy (non-hydrogen) atoms. The van der Waals surface area contributed by atoms with Gasteiger partial charge in [-0.15, -0.1) is 0 Å². The Morgan fingerprint density at radius 1 is 1.15 bits per heavy atom. The minimum Gasteiger partial charge on any atom is -0.411 e. The Balaban J connectivity index is 2.04. The second-order valence-corrected chi connectivity index (χ2v) is 7.16. The molecule has 3 rings (SSSR count). The molecule has 0 radical (unpaired) electrons. The Kier molecular flexibility index (Phi) is 5.86. The second kappa shape index (κ2) is 8.31. The van der Waals surface area contributed by atoms with Crippen molar-refractivity contribution >= 4 is 21.6 Å². The van der Waals surface area contributed by atoms with Crippen LogP contribution in [0.1, 0.15) is 29.0 Å². The van der Waals surface area contributed by atoms with Crippen LogP contribution in [0.5, 0.6) is 0 Å². The first-order valence-corrected chi connectivity index (χ1v) is 9.16. The Labute approximate surface area is 164 Å². The van der Waals surface area contributed by atoms with Gasteiger partial charge in [0.25, 0.3) is 0 Å². The number of pyridine rings is 1. The summed E-state index contributed by atoms with van der Waals surface area (Å²) in [4.78, 5) is 11.6. The van der Waals surface area contributed by atoms with E-state index in [1.165, 1.54) is 16.7 Å². The van der Waals surface area contributed by atoms with Crippen LogP contribution >= 0.6 is 15.9 Å². The summed E-state index contributed by atoms with van der Waals surface area (Å²) in [6.07, 6.45) is 1.88. The van der Waals surface area contributed by atoms with Gasteiger partial charge in [0, 0.05) is 41.7 Å². The molecule has 0 saturated heterocycles. The lowest BCUT2D eigenvalue weighted by Crippen LogP contribution is -2.18. The average molecular weight is 429 g/mol. The van der Waals surface area contributed by atoms with Gasteiger partial charge in [0.15, 0.2) is 0 Å². The van der Waals surface area contributed by atoms with E-state index < -0.39 is 0 Å². The zero-order chi connectivity index (χ0) is 19.4. The molecule has 6 heteroatoms. The number of oxime groups is 1. The zero-order valence-corrected chi connectivity index (χ0v) is 16.2. The number of hydrogen-bond donors (Lipinski definition) is 1. The highest BCUT2D eigenvalue weighted by atomic mass is 79.9. The largest absolute Gasteiger partial charge is 0.411 e. The summed E-state index contributed by atoms with van der Waals surface area (Å²) in [5.74, 6) is -0.661. The van der Waals surface area contributed by atoms with Crippen molar-refractivity contribution < 1.29 is 9.60 Å². The fourth-order valence-corrected chi connectivity index (χ4v) is 3.30. The van der Waals surface area contributed by atoms with Crippen LogP contribution < -0.4 is 5.56 Å². The van der Waals surface area contributed by atoms with Crippen molar-refractivity contribution in [1.29, 1.82) is 0 Å². The van der Waals surface area contributed by atoms with Crippen molar-refractivity contribution in [3.8, 4) is 0 Å². The van der Waals surface area contributed by atoms with Crippen LogP contribution in [0.4, 0.5) is 4.39 Å². The van der Waals surface area contributed by atoms with Gasteiger partial charge < -0.3 is 9.77 Å². The lowest BCUT2D eigenvalue weighted by molar-refractivity contribution is 0.317. The fourth-order valence-electron chi connectivity index (χ4n) is 3.03. The van der Waals surface area contributed by atoms with Crippen LogP contribution in [0.2, 0.25) is 0 Å². The van der Waals surface area contributed by atoms with E-state index in [2.05, 4.69) is 21.1 Å². The van der Waals surface area contributed by atoms with E-state index in [4.69, 9.17) is 0 Å². The predicted molar refractivity (Wildman–Crippen MR) is 107 cm³/mol. The van der Waals surface area contributed by atoms with E-state index in [-0.39, 0.29) is 23.7 Å². The maximum absolute atomic E-state index is 14.5. The van der Waals surface area contributed by atoms with E-state index >= 15 is 0 Å². The van der Waals surface area contributed by atoms with Gasteiger partial charge in [-0.2, -0.15) is 0 Å². The summed E-state index contributed by atoms with van der Waals surface area (Å²) in [6.45, 7) is 0. The van der Waals surface area contributed by atoms with Gasteiger partial charge in [-0.3, -0.25) is 4.79 Å². The smallest absolute Gasteiger partial charge is 0.250 e. The Hall–Kier alpha value is -2.73. The van der Waals surface area contributed by atoms with Gasteiger partial charge >= 0.3 is 0 Å². The van der Waals surface area contributed by atoms with Crippen molar-refractivity contribution in [2.45, 2.75) is 12.3 Å². The molecular formula is C21H18BrFN2O2. The highest BCUT2D eigenvalue weighted by molar-refractivity contribution is 9.10. The topological polar surface area (TPSA) is 54.6 Å². The van der Waals surface area contributed by atoms with E-state index in [1.54, 1.807) is 37.5 Å². The van der Waals surface area contributed by atoms with Crippen molar-refractivity contribution in [3.63, 3.8) is 0 Å². The van der Waals surface area contributed by atoms with Gasteiger partial charge in [0.2, 0.25) is 5.56 Å². The van der Waals surface area contributed by atoms with Crippen LogP contribution in [-0.2, 0) is 7.05 Å². The van der Waals surface area contributed by atoms with Crippen molar-refractivity contribution in [3.05, 3.63) is 104 Å². The van der Waals surface area contributed by atoms with Gasteiger partial charge in [-0.1, -0.05) is 51.4 Å². The first kappa shape index (κ1) is 19.0. The Morgan fingerprint density at radius 2 is 1.85 bits per heavy atom. The average Bonchev–Trinajstić information content (AvgIpc) is 2.67. The molecule has 2 aromatic carbocycles. The van der Waals surface area contributed by atoms with Gasteiger partial charge in [-0.05, 0) is 35.4 Å². The quantitative estimate of drug-likeness (QED) is 0.364. The third kappa shape index (κ3) is 4.34. The number of aryl methyl sites for hydroxylation is 1. The molecule has 1 aromatic heterocycles. The van der Waals surface area contributed by atoms with Crippen LogP contribution in [-0.4, -0.2) is 15.5 Å². The summed E-state index contributed by atoms with van der Waals surface area (Å²) in [5.41, 5.74) is 2.24. The third-order valence-corrected chi connectivity index (χ3v) is 5.02. The standard InChI is InChI=1S/C21H18BrFN2O2/c1-25-13-15(8-11-21(25)26)20(24-27)12-18(14-6-9-16(22)10-7-14)17-4-2-3-5-19(17)23/h2-11,13,18,27H,12H2,1H3/b24-20+. The van der Waals surface area contributed by atoms with E-state index in [1.807, 2.05) is 24.3 Å².